The van der Waals surface area contributed by atoms with E-state index in [1.807, 2.05) is 29.8 Å². The molecule has 0 saturated heterocycles. The SMILES string of the molecule is CCn1nc(C)c(-c2cccc(N)c2)c1C. The number of aromatic nitrogens is 2. The monoisotopic (exact) mass is 215 g/mol. The second kappa shape index (κ2) is 4.00. The van der Waals surface area contributed by atoms with Gasteiger partial charge in [-0.15, -0.1) is 0 Å². The Morgan fingerprint density at radius 3 is 2.62 bits per heavy atom. The van der Waals surface area contributed by atoms with Gasteiger partial charge in [-0.25, -0.2) is 0 Å². The van der Waals surface area contributed by atoms with Crippen molar-refractivity contribution in [3.63, 3.8) is 0 Å². The Labute approximate surface area is 95.9 Å². The molecular formula is C13H17N3. The van der Waals surface area contributed by atoms with Gasteiger partial charge in [0.2, 0.25) is 0 Å². The van der Waals surface area contributed by atoms with E-state index in [1.165, 1.54) is 11.3 Å². The van der Waals surface area contributed by atoms with Crippen LogP contribution >= 0.6 is 0 Å². The van der Waals surface area contributed by atoms with E-state index in [4.69, 9.17) is 5.73 Å². The number of benzene rings is 1. The van der Waals surface area contributed by atoms with Crippen LogP contribution in [-0.4, -0.2) is 9.78 Å². The number of nitrogen functional groups attached to an aromatic ring is 1. The summed E-state index contributed by atoms with van der Waals surface area (Å²) < 4.78 is 2.02. The molecule has 2 aromatic rings. The number of rotatable bonds is 2. The van der Waals surface area contributed by atoms with E-state index < -0.39 is 0 Å². The lowest BCUT2D eigenvalue weighted by Gasteiger charge is -2.04. The van der Waals surface area contributed by atoms with Gasteiger partial charge >= 0.3 is 0 Å². The van der Waals surface area contributed by atoms with E-state index in [1.54, 1.807) is 0 Å². The average molecular weight is 215 g/mol. The van der Waals surface area contributed by atoms with Crippen molar-refractivity contribution >= 4 is 5.69 Å². The smallest absolute Gasteiger partial charge is 0.0674 e. The predicted octanol–water partition coefficient (Wildman–Crippen LogP) is 2.77. The average Bonchev–Trinajstić information content (AvgIpc) is 2.53. The molecule has 0 aliphatic heterocycles. The molecule has 0 bridgehead atoms. The molecule has 0 atom stereocenters. The predicted molar refractivity (Wildman–Crippen MR) is 67.2 cm³/mol. The molecule has 0 aliphatic rings. The normalized spacial score (nSPS) is 10.7. The third kappa shape index (κ3) is 1.69. The first-order valence-corrected chi connectivity index (χ1v) is 5.53. The van der Waals surface area contributed by atoms with E-state index in [0.29, 0.717) is 0 Å². The van der Waals surface area contributed by atoms with Crippen LogP contribution in [0.1, 0.15) is 18.3 Å². The zero-order valence-corrected chi connectivity index (χ0v) is 9.99. The Hall–Kier alpha value is -1.77. The Morgan fingerprint density at radius 2 is 2.06 bits per heavy atom. The second-order valence-electron chi connectivity index (χ2n) is 3.99. The molecule has 0 fully saturated rings. The summed E-state index contributed by atoms with van der Waals surface area (Å²) in [5.74, 6) is 0. The Balaban J connectivity index is 2.60. The van der Waals surface area contributed by atoms with Crippen LogP contribution in [0.4, 0.5) is 5.69 Å². The van der Waals surface area contributed by atoms with Gasteiger partial charge in [0.05, 0.1) is 5.69 Å². The number of hydrogen-bond acceptors (Lipinski definition) is 2. The molecule has 0 radical (unpaired) electrons. The minimum atomic E-state index is 0.792. The van der Waals surface area contributed by atoms with Crippen LogP contribution in [0.2, 0.25) is 0 Å². The first-order chi connectivity index (χ1) is 7.63. The molecule has 16 heavy (non-hydrogen) atoms. The van der Waals surface area contributed by atoms with E-state index in [-0.39, 0.29) is 0 Å². The number of nitrogens with zero attached hydrogens (tertiary/aromatic N) is 2. The number of nitrogens with two attached hydrogens (primary N) is 1. The third-order valence-electron chi connectivity index (χ3n) is 2.86. The van der Waals surface area contributed by atoms with Gasteiger partial charge in [0, 0.05) is 23.5 Å². The van der Waals surface area contributed by atoms with Crippen molar-refractivity contribution in [1.29, 1.82) is 0 Å². The van der Waals surface area contributed by atoms with Gasteiger partial charge in [0.25, 0.3) is 0 Å². The summed E-state index contributed by atoms with van der Waals surface area (Å²) >= 11 is 0. The van der Waals surface area contributed by atoms with E-state index >= 15 is 0 Å². The van der Waals surface area contributed by atoms with Crippen LogP contribution in [-0.2, 0) is 6.54 Å². The summed E-state index contributed by atoms with van der Waals surface area (Å²) in [6.45, 7) is 7.14. The highest BCUT2D eigenvalue weighted by atomic mass is 15.3. The standard InChI is InChI=1S/C13H17N3/c1-4-16-10(3)13(9(2)15-16)11-6-5-7-12(14)8-11/h5-8H,4,14H2,1-3H3. The highest BCUT2D eigenvalue weighted by molar-refractivity contribution is 5.71. The molecule has 0 amide bonds. The van der Waals surface area contributed by atoms with Crippen LogP contribution in [0.3, 0.4) is 0 Å². The van der Waals surface area contributed by atoms with Crippen LogP contribution in [0, 0.1) is 13.8 Å². The lowest BCUT2D eigenvalue weighted by atomic mass is 10.0. The van der Waals surface area contributed by atoms with E-state index in [0.717, 1.165) is 23.5 Å². The van der Waals surface area contributed by atoms with Gasteiger partial charge < -0.3 is 5.73 Å². The van der Waals surface area contributed by atoms with E-state index in [2.05, 4.69) is 25.0 Å². The quantitative estimate of drug-likeness (QED) is 0.783. The second-order valence-corrected chi connectivity index (χ2v) is 3.99. The maximum absolute atomic E-state index is 5.81. The van der Waals surface area contributed by atoms with Crippen molar-refractivity contribution < 1.29 is 0 Å². The molecule has 1 heterocycles. The molecule has 2 N–H and O–H groups in total. The zero-order valence-electron chi connectivity index (χ0n) is 9.99. The Kier molecular flexibility index (Phi) is 2.69. The van der Waals surface area contributed by atoms with Gasteiger partial charge in [-0.3, -0.25) is 4.68 Å². The summed E-state index contributed by atoms with van der Waals surface area (Å²) in [5, 5.41) is 4.51. The maximum Gasteiger partial charge on any atom is 0.0674 e. The number of aryl methyl sites for hydroxylation is 2. The van der Waals surface area contributed by atoms with Gasteiger partial charge in [-0.05, 0) is 38.5 Å². The fourth-order valence-corrected chi connectivity index (χ4v) is 2.12. The fraction of sp³-hybridized carbons (Fsp3) is 0.308. The molecule has 0 unspecified atom stereocenters. The number of anilines is 1. The lowest BCUT2D eigenvalue weighted by molar-refractivity contribution is 0.634. The van der Waals surface area contributed by atoms with E-state index in [9.17, 15) is 0 Å². The third-order valence-corrected chi connectivity index (χ3v) is 2.86. The first-order valence-electron chi connectivity index (χ1n) is 5.53. The van der Waals surface area contributed by atoms with Crippen molar-refractivity contribution in [2.24, 2.45) is 0 Å². The summed E-state index contributed by atoms with van der Waals surface area (Å²) in [6, 6.07) is 7.95. The topological polar surface area (TPSA) is 43.8 Å². The zero-order chi connectivity index (χ0) is 11.7. The fourth-order valence-electron chi connectivity index (χ4n) is 2.12. The molecule has 1 aromatic carbocycles. The number of hydrogen-bond donors (Lipinski definition) is 1. The van der Waals surface area contributed by atoms with Crippen LogP contribution < -0.4 is 5.73 Å². The molecule has 84 valence electrons. The van der Waals surface area contributed by atoms with Crippen molar-refractivity contribution in [1.82, 2.24) is 9.78 Å². The molecule has 3 heteroatoms. The molecule has 0 saturated carbocycles. The highest BCUT2D eigenvalue weighted by Gasteiger charge is 2.12. The van der Waals surface area contributed by atoms with Gasteiger partial charge in [-0.1, -0.05) is 12.1 Å². The van der Waals surface area contributed by atoms with Gasteiger partial charge in [0.1, 0.15) is 0 Å². The Morgan fingerprint density at radius 1 is 1.31 bits per heavy atom. The minimum Gasteiger partial charge on any atom is -0.399 e. The molecule has 0 aliphatic carbocycles. The summed E-state index contributed by atoms with van der Waals surface area (Å²) in [6.07, 6.45) is 0. The van der Waals surface area contributed by atoms with Crippen molar-refractivity contribution in [2.45, 2.75) is 27.3 Å². The van der Waals surface area contributed by atoms with Crippen molar-refractivity contribution in [3.8, 4) is 11.1 Å². The van der Waals surface area contributed by atoms with Crippen molar-refractivity contribution in [3.05, 3.63) is 35.7 Å². The van der Waals surface area contributed by atoms with Crippen LogP contribution in [0.5, 0.6) is 0 Å². The van der Waals surface area contributed by atoms with Crippen LogP contribution in [0.25, 0.3) is 11.1 Å². The molecular weight excluding hydrogens is 198 g/mol. The van der Waals surface area contributed by atoms with Gasteiger partial charge in [0.15, 0.2) is 0 Å². The molecule has 2 rings (SSSR count). The molecule has 0 spiro atoms. The van der Waals surface area contributed by atoms with Crippen molar-refractivity contribution in [2.75, 3.05) is 5.73 Å². The minimum absolute atomic E-state index is 0.792. The molecule has 1 aromatic heterocycles. The lowest BCUT2D eigenvalue weighted by Crippen LogP contribution is -1.98. The maximum atomic E-state index is 5.81. The molecule has 3 nitrogen and oxygen atoms in total. The Bertz CT molecular complexity index is 512. The summed E-state index contributed by atoms with van der Waals surface area (Å²) in [4.78, 5) is 0. The largest absolute Gasteiger partial charge is 0.399 e. The van der Waals surface area contributed by atoms with Gasteiger partial charge in [-0.2, -0.15) is 5.10 Å². The summed E-state index contributed by atoms with van der Waals surface area (Å²) in [5.41, 5.74) is 11.2. The van der Waals surface area contributed by atoms with Crippen LogP contribution in [0.15, 0.2) is 24.3 Å². The summed E-state index contributed by atoms with van der Waals surface area (Å²) in [7, 11) is 0. The highest BCUT2D eigenvalue weighted by Crippen LogP contribution is 2.27. The first kappa shape index (κ1) is 10.7.